The van der Waals surface area contributed by atoms with Gasteiger partial charge in [-0.05, 0) is 12.8 Å². The van der Waals surface area contributed by atoms with E-state index in [0.29, 0.717) is 45.0 Å². The number of hydrazone groups is 1. The minimum absolute atomic E-state index is 0.0784. The monoisotopic (exact) mass is 324 g/mol. The molecule has 0 atom stereocenters. The fraction of sp³-hybridized carbons (Fsp3) is 0.667. The molecule has 2 heterocycles. The highest BCUT2D eigenvalue weighted by Crippen LogP contribution is 2.15. The molecule has 23 heavy (non-hydrogen) atoms. The number of nitrogens with zero attached hydrogens (tertiary/aromatic N) is 3. The molecule has 0 radical (unpaired) electrons. The lowest BCUT2D eigenvalue weighted by Gasteiger charge is -2.25. The molecule has 8 nitrogen and oxygen atoms in total. The number of aromatic amines is 1. The largest absolute Gasteiger partial charge is 0.494 e. The third-order valence-corrected chi connectivity index (χ3v) is 3.78. The number of ether oxygens (including phenoxy) is 1. The zero-order valence-electron chi connectivity index (χ0n) is 13.7. The smallest absolute Gasteiger partial charge is 0.331 e. The molecule has 0 aromatic carbocycles. The number of hydrogen-bond acceptors (Lipinski definition) is 6. The number of nitrogens with one attached hydrogen (secondary N) is 1. The number of morpholine rings is 1. The molecule has 0 aliphatic carbocycles. The third-order valence-electron chi connectivity index (χ3n) is 3.78. The molecule has 0 spiro atoms. The zero-order valence-corrected chi connectivity index (χ0v) is 13.7. The van der Waals surface area contributed by atoms with Crippen LogP contribution < -0.4 is 11.2 Å². The highest BCUT2D eigenvalue weighted by Gasteiger charge is 2.19. The molecule has 0 unspecified atom stereocenters. The highest BCUT2D eigenvalue weighted by molar-refractivity contribution is 6.01. The maximum Gasteiger partial charge on any atom is 0.331 e. The average Bonchev–Trinajstić information content (AvgIpc) is 2.54. The summed E-state index contributed by atoms with van der Waals surface area (Å²) in [5.41, 5.74) is -0.647. The molecular formula is C15H24N4O4. The Morgan fingerprint density at radius 2 is 2.00 bits per heavy atom. The fourth-order valence-corrected chi connectivity index (χ4v) is 2.47. The van der Waals surface area contributed by atoms with E-state index in [0.717, 1.165) is 12.8 Å². The summed E-state index contributed by atoms with van der Waals surface area (Å²) in [5, 5.41) is 16.7. The second-order valence-electron chi connectivity index (χ2n) is 5.43. The lowest BCUT2D eigenvalue weighted by molar-refractivity contribution is 0.0393. The molecule has 0 bridgehead atoms. The Balaban J connectivity index is 2.44. The Bertz CT molecular complexity index is 671. The van der Waals surface area contributed by atoms with Crippen LogP contribution in [0.25, 0.3) is 0 Å². The van der Waals surface area contributed by atoms with Crippen LogP contribution in [0.5, 0.6) is 5.88 Å². The van der Waals surface area contributed by atoms with E-state index in [1.54, 1.807) is 0 Å². The third kappa shape index (κ3) is 4.01. The van der Waals surface area contributed by atoms with Crippen molar-refractivity contribution in [3.63, 3.8) is 0 Å². The molecule has 1 aliphatic rings. The van der Waals surface area contributed by atoms with Crippen molar-refractivity contribution in [1.82, 2.24) is 14.6 Å². The van der Waals surface area contributed by atoms with Crippen LogP contribution in [0.2, 0.25) is 0 Å². The van der Waals surface area contributed by atoms with Crippen LogP contribution in [0, 0.1) is 0 Å². The molecule has 0 amide bonds. The van der Waals surface area contributed by atoms with Gasteiger partial charge in [-0.3, -0.25) is 19.4 Å². The van der Waals surface area contributed by atoms with Gasteiger partial charge in [0, 0.05) is 6.54 Å². The van der Waals surface area contributed by atoms with E-state index in [1.807, 2.05) is 18.9 Å². The molecular weight excluding hydrogens is 300 g/mol. The first-order chi connectivity index (χ1) is 11.1. The predicted molar refractivity (Wildman–Crippen MR) is 87.1 cm³/mol. The zero-order chi connectivity index (χ0) is 16.8. The predicted octanol–water partition coefficient (Wildman–Crippen LogP) is 0.489. The van der Waals surface area contributed by atoms with Gasteiger partial charge < -0.3 is 9.84 Å². The van der Waals surface area contributed by atoms with Crippen LogP contribution in [0.1, 0.15) is 38.7 Å². The summed E-state index contributed by atoms with van der Waals surface area (Å²) in [6.07, 6.45) is 2.09. The van der Waals surface area contributed by atoms with Gasteiger partial charge >= 0.3 is 5.69 Å². The highest BCUT2D eigenvalue weighted by atomic mass is 16.5. The van der Waals surface area contributed by atoms with Gasteiger partial charge in [0.15, 0.2) is 0 Å². The van der Waals surface area contributed by atoms with Gasteiger partial charge in [0.05, 0.1) is 32.0 Å². The van der Waals surface area contributed by atoms with Crippen molar-refractivity contribution >= 4 is 5.71 Å². The van der Waals surface area contributed by atoms with E-state index in [-0.39, 0.29) is 11.4 Å². The molecule has 2 N–H and O–H groups in total. The number of aromatic nitrogens is 2. The van der Waals surface area contributed by atoms with E-state index in [2.05, 4.69) is 10.1 Å². The molecule has 1 aromatic heterocycles. The Labute approximate surface area is 134 Å². The summed E-state index contributed by atoms with van der Waals surface area (Å²) in [4.78, 5) is 26.4. The lowest BCUT2D eigenvalue weighted by atomic mass is 10.1. The first kappa shape index (κ1) is 17.3. The maximum atomic E-state index is 12.2. The molecule has 2 rings (SSSR count). The summed E-state index contributed by atoms with van der Waals surface area (Å²) in [6.45, 7) is 6.65. The van der Waals surface area contributed by atoms with E-state index < -0.39 is 11.2 Å². The Morgan fingerprint density at radius 3 is 2.61 bits per heavy atom. The quantitative estimate of drug-likeness (QED) is 0.742. The fourth-order valence-electron chi connectivity index (χ4n) is 2.47. The summed E-state index contributed by atoms with van der Waals surface area (Å²) in [5.74, 6) is -0.305. The molecule has 1 aliphatic heterocycles. The van der Waals surface area contributed by atoms with Crippen molar-refractivity contribution in [2.75, 3.05) is 26.3 Å². The molecule has 1 aromatic rings. The summed E-state index contributed by atoms with van der Waals surface area (Å²) < 4.78 is 6.47. The topological polar surface area (TPSA) is 99.9 Å². The standard InChI is InChI=1S/C15H24N4O4/c1-3-5-6-19-14(21)12(13(20)16-15(19)22)11(4-2)17-18-7-9-23-10-8-18/h21H,3-10H2,1-2H3,(H,16,20,22)/b17-11+. The number of unbranched alkanes of at least 4 members (excludes halogenated alkanes) is 1. The van der Waals surface area contributed by atoms with E-state index in [4.69, 9.17) is 4.74 Å². The van der Waals surface area contributed by atoms with Crippen LogP contribution in [0.15, 0.2) is 14.7 Å². The average molecular weight is 324 g/mol. The van der Waals surface area contributed by atoms with Gasteiger partial charge in [-0.15, -0.1) is 0 Å². The number of hydrogen-bond donors (Lipinski definition) is 2. The van der Waals surface area contributed by atoms with Crippen molar-refractivity contribution in [2.24, 2.45) is 5.10 Å². The number of rotatable bonds is 6. The Hall–Kier alpha value is -2.09. The molecule has 8 heteroatoms. The van der Waals surface area contributed by atoms with Crippen LogP contribution in [0.4, 0.5) is 0 Å². The van der Waals surface area contributed by atoms with Crippen LogP contribution in [-0.4, -0.2) is 51.7 Å². The first-order valence-corrected chi connectivity index (χ1v) is 8.05. The second kappa shape index (κ2) is 7.96. The second-order valence-corrected chi connectivity index (χ2v) is 5.43. The van der Waals surface area contributed by atoms with Crippen molar-refractivity contribution in [3.8, 4) is 5.88 Å². The van der Waals surface area contributed by atoms with Gasteiger partial charge in [0.25, 0.3) is 5.56 Å². The molecule has 128 valence electrons. The van der Waals surface area contributed by atoms with Gasteiger partial charge in [-0.1, -0.05) is 20.3 Å². The van der Waals surface area contributed by atoms with Gasteiger partial charge in [-0.2, -0.15) is 5.10 Å². The van der Waals surface area contributed by atoms with Crippen molar-refractivity contribution in [3.05, 3.63) is 26.4 Å². The van der Waals surface area contributed by atoms with Crippen LogP contribution in [-0.2, 0) is 11.3 Å². The summed E-state index contributed by atoms with van der Waals surface area (Å²) in [7, 11) is 0. The maximum absolute atomic E-state index is 12.2. The summed E-state index contributed by atoms with van der Waals surface area (Å²) in [6, 6.07) is 0. The van der Waals surface area contributed by atoms with Crippen LogP contribution >= 0.6 is 0 Å². The van der Waals surface area contributed by atoms with Gasteiger partial charge in [-0.25, -0.2) is 4.79 Å². The molecule has 1 saturated heterocycles. The Kier molecular flexibility index (Phi) is 5.97. The van der Waals surface area contributed by atoms with Gasteiger partial charge in [0.1, 0.15) is 5.56 Å². The van der Waals surface area contributed by atoms with Crippen molar-refractivity contribution in [1.29, 1.82) is 0 Å². The number of aromatic hydroxyl groups is 1. The summed E-state index contributed by atoms with van der Waals surface area (Å²) >= 11 is 0. The van der Waals surface area contributed by atoms with E-state index in [1.165, 1.54) is 4.57 Å². The lowest BCUT2D eigenvalue weighted by Crippen LogP contribution is -2.36. The molecule has 1 fully saturated rings. The van der Waals surface area contributed by atoms with Gasteiger partial charge in [0.2, 0.25) is 5.88 Å². The van der Waals surface area contributed by atoms with Crippen LogP contribution in [0.3, 0.4) is 0 Å². The normalized spacial score (nSPS) is 15.9. The Morgan fingerprint density at radius 1 is 1.30 bits per heavy atom. The first-order valence-electron chi connectivity index (χ1n) is 8.05. The molecule has 0 saturated carbocycles. The van der Waals surface area contributed by atoms with E-state index >= 15 is 0 Å². The SMILES string of the molecule is CCCCn1c(O)c(/C(CC)=N/N2CCOCC2)c(=O)[nH]c1=O. The van der Waals surface area contributed by atoms with E-state index in [9.17, 15) is 14.7 Å². The number of H-pyrrole nitrogens is 1. The minimum atomic E-state index is -0.603. The van der Waals surface area contributed by atoms with Crippen molar-refractivity contribution in [2.45, 2.75) is 39.7 Å². The minimum Gasteiger partial charge on any atom is -0.494 e. The van der Waals surface area contributed by atoms with Crippen molar-refractivity contribution < 1.29 is 9.84 Å².